The molecule has 7 N–H and O–H groups in total. The summed E-state index contributed by atoms with van der Waals surface area (Å²) >= 11 is 0. The zero-order chi connectivity index (χ0) is 18.1. The van der Waals surface area contributed by atoms with E-state index in [-0.39, 0.29) is 30.7 Å². The molecule has 0 rings (SSSR count). The van der Waals surface area contributed by atoms with Crippen molar-refractivity contribution in [2.45, 2.75) is 50.5 Å². The van der Waals surface area contributed by atoms with Gasteiger partial charge in [-0.05, 0) is 0 Å². The van der Waals surface area contributed by atoms with Crippen LogP contribution in [0.2, 0.25) is 0 Å². The summed E-state index contributed by atoms with van der Waals surface area (Å²) in [5, 5.41) is 67.6. The van der Waals surface area contributed by atoms with Crippen LogP contribution in [0, 0.1) is 0 Å². The molecular weight excluding hydrogens is 306 g/mol. The standard InChI is InChI=1S/C15H34NO7/c1-3-15(4-2,11-20)16(5-12(21)8-17,6-13(22)9-18)7-14(23)10-19/h12-14,17-23H,3-11H2,1-2H3/q+1. The minimum atomic E-state index is -1.11. The molecule has 3 atom stereocenters. The van der Waals surface area contributed by atoms with Crippen LogP contribution in [0.4, 0.5) is 0 Å². The van der Waals surface area contributed by atoms with Crippen molar-refractivity contribution in [1.29, 1.82) is 0 Å². The van der Waals surface area contributed by atoms with E-state index in [0.717, 1.165) is 0 Å². The van der Waals surface area contributed by atoms with Gasteiger partial charge in [0.15, 0.2) is 0 Å². The van der Waals surface area contributed by atoms with Crippen molar-refractivity contribution in [3.8, 4) is 0 Å². The van der Waals surface area contributed by atoms with Gasteiger partial charge in [0.05, 0.1) is 26.4 Å². The third kappa shape index (κ3) is 5.61. The van der Waals surface area contributed by atoms with Gasteiger partial charge in [-0.1, -0.05) is 13.8 Å². The molecule has 0 aliphatic rings. The zero-order valence-corrected chi connectivity index (χ0v) is 14.2. The number of aliphatic hydroxyl groups is 7. The van der Waals surface area contributed by atoms with E-state index in [2.05, 4.69) is 0 Å². The Bertz CT molecular complexity index is 273. The Morgan fingerprint density at radius 1 is 0.696 bits per heavy atom. The average Bonchev–Trinajstić information content (AvgIpc) is 2.56. The van der Waals surface area contributed by atoms with Gasteiger partial charge in [0.25, 0.3) is 0 Å². The SMILES string of the molecule is CCC(CC)(CO)[N+](CC(O)CO)(CC(O)CO)CC(O)CO. The predicted octanol–water partition coefficient (Wildman–Crippen LogP) is -2.59. The Balaban J connectivity index is 5.96. The van der Waals surface area contributed by atoms with Crippen molar-refractivity contribution >= 4 is 0 Å². The van der Waals surface area contributed by atoms with Crippen molar-refractivity contribution in [2.24, 2.45) is 0 Å². The molecular formula is C15H34NO7+. The van der Waals surface area contributed by atoms with Crippen LogP contribution in [0.25, 0.3) is 0 Å². The van der Waals surface area contributed by atoms with E-state index in [1.165, 1.54) is 0 Å². The first kappa shape index (κ1) is 22.7. The monoisotopic (exact) mass is 340 g/mol. The minimum absolute atomic E-state index is 0.0210. The first-order valence-electron chi connectivity index (χ1n) is 8.14. The average molecular weight is 340 g/mol. The highest BCUT2D eigenvalue weighted by molar-refractivity contribution is 4.82. The molecule has 0 saturated heterocycles. The molecule has 23 heavy (non-hydrogen) atoms. The Morgan fingerprint density at radius 2 is 1.00 bits per heavy atom. The third-order valence-corrected chi connectivity index (χ3v) is 4.93. The second-order valence-electron chi connectivity index (χ2n) is 6.29. The van der Waals surface area contributed by atoms with Gasteiger partial charge in [0.1, 0.15) is 43.5 Å². The maximum Gasteiger partial charge on any atom is 0.126 e. The molecule has 0 aromatic heterocycles. The van der Waals surface area contributed by atoms with Crippen LogP contribution >= 0.6 is 0 Å². The van der Waals surface area contributed by atoms with Gasteiger partial charge in [-0.3, -0.25) is 0 Å². The van der Waals surface area contributed by atoms with Gasteiger partial charge >= 0.3 is 0 Å². The van der Waals surface area contributed by atoms with Gasteiger partial charge in [-0.25, -0.2) is 0 Å². The number of hydrogen-bond donors (Lipinski definition) is 7. The Hall–Kier alpha value is -0.320. The molecule has 0 heterocycles. The molecule has 0 amide bonds. The van der Waals surface area contributed by atoms with Crippen molar-refractivity contribution < 1.29 is 40.2 Å². The first-order chi connectivity index (χ1) is 10.8. The van der Waals surface area contributed by atoms with Crippen LogP contribution in [0.1, 0.15) is 26.7 Å². The summed E-state index contributed by atoms with van der Waals surface area (Å²) in [7, 11) is 0. The molecule has 0 spiro atoms. The molecule has 0 radical (unpaired) electrons. The number of nitrogens with zero attached hydrogens (tertiary/aromatic N) is 1. The lowest BCUT2D eigenvalue weighted by molar-refractivity contribution is -0.984. The van der Waals surface area contributed by atoms with E-state index < -0.39 is 43.7 Å². The van der Waals surface area contributed by atoms with Crippen molar-refractivity contribution in [3.05, 3.63) is 0 Å². The zero-order valence-electron chi connectivity index (χ0n) is 14.2. The van der Waals surface area contributed by atoms with Crippen LogP contribution in [-0.4, -0.2) is 110 Å². The topological polar surface area (TPSA) is 142 Å². The third-order valence-electron chi connectivity index (χ3n) is 4.93. The highest BCUT2D eigenvalue weighted by Crippen LogP contribution is 2.33. The van der Waals surface area contributed by atoms with E-state index in [1.54, 1.807) is 0 Å². The summed E-state index contributed by atoms with van der Waals surface area (Å²) in [6, 6.07) is 0. The summed E-state index contributed by atoms with van der Waals surface area (Å²) in [6.45, 7) is 1.89. The summed E-state index contributed by atoms with van der Waals surface area (Å²) < 4.78 is -0.109. The molecule has 140 valence electrons. The fourth-order valence-corrected chi connectivity index (χ4v) is 3.48. The lowest BCUT2D eigenvalue weighted by Crippen LogP contribution is -2.72. The number of quaternary nitrogens is 1. The van der Waals surface area contributed by atoms with Gasteiger partial charge in [-0.15, -0.1) is 0 Å². The van der Waals surface area contributed by atoms with Crippen LogP contribution < -0.4 is 0 Å². The van der Waals surface area contributed by atoms with Gasteiger partial charge in [0, 0.05) is 12.8 Å². The van der Waals surface area contributed by atoms with Crippen molar-refractivity contribution in [2.75, 3.05) is 46.1 Å². The first-order valence-corrected chi connectivity index (χ1v) is 8.14. The van der Waals surface area contributed by atoms with Gasteiger partial charge in [-0.2, -0.15) is 0 Å². The van der Waals surface area contributed by atoms with E-state index in [1.807, 2.05) is 13.8 Å². The smallest absolute Gasteiger partial charge is 0.126 e. The van der Waals surface area contributed by atoms with Crippen LogP contribution in [0.3, 0.4) is 0 Å². The number of hydrogen-bond acceptors (Lipinski definition) is 7. The largest absolute Gasteiger partial charge is 0.393 e. The normalized spacial score (nSPS) is 19.2. The van der Waals surface area contributed by atoms with E-state index in [0.29, 0.717) is 12.8 Å². The lowest BCUT2D eigenvalue weighted by Gasteiger charge is -2.54. The van der Waals surface area contributed by atoms with Gasteiger partial charge in [0.2, 0.25) is 0 Å². The van der Waals surface area contributed by atoms with Crippen LogP contribution in [0.15, 0.2) is 0 Å². The highest BCUT2D eigenvalue weighted by Gasteiger charge is 2.50. The second-order valence-corrected chi connectivity index (χ2v) is 6.29. The van der Waals surface area contributed by atoms with Crippen molar-refractivity contribution in [1.82, 2.24) is 0 Å². The quantitative estimate of drug-likeness (QED) is 0.182. The Morgan fingerprint density at radius 3 is 1.17 bits per heavy atom. The molecule has 0 aromatic rings. The maximum atomic E-state index is 10.0. The minimum Gasteiger partial charge on any atom is -0.393 e. The molecule has 0 aromatic carbocycles. The summed E-state index contributed by atoms with van der Waals surface area (Å²) in [4.78, 5) is 0. The summed E-state index contributed by atoms with van der Waals surface area (Å²) in [5.74, 6) is 0. The van der Waals surface area contributed by atoms with Crippen LogP contribution in [-0.2, 0) is 0 Å². The van der Waals surface area contributed by atoms with Crippen LogP contribution in [0.5, 0.6) is 0 Å². The lowest BCUT2D eigenvalue weighted by atomic mass is 9.86. The fourth-order valence-electron chi connectivity index (χ4n) is 3.48. The van der Waals surface area contributed by atoms with E-state index in [9.17, 15) is 35.7 Å². The second kappa shape index (κ2) is 10.5. The summed E-state index contributed by atoms with van der Waals surface area (Å²) in [6.07, 6.45) is -2.36. The maximum absolute atomic E-state index is 10.0. The molecule has 8 heteroatoms. The van der Waals surface area contributed by atoms with E-state index >= 15 is 0 Å². The molecule has 3 unspecified atom stereocenters. The molecule has 8 nitrogen and oxygen atoms in total. The predicted molar refractivity (Wildman–Crippen MR) is 84.5 cm³/mol. The van der Waals surface area contributed by atoms with E-state index in [4.69, 9.17) is 0 Å². The highest BCUT2D eigenvalue weighted by atomic mass is 16.3. The molecule has 0 aliphatic heterocycles. The van der Waals surface area contributed by atoms with Gasteiger partial charge < -0.3 is 40.2 Å². The fraction of sp³-hybridized carbons (Fsp3) is 1.00. The van der Waals surface area contributed by atoms with Crippen molar-refractivity contribution in [3.63, 3.8) is 0 Å². The Labute approximate surface area is 137 Å². The Kier molecular flexibility index (Phi) is 10.4. The molecule has 0 aliphatic carbocycles. The molecule has 0 saturated carbocycles. The number of rotatable bonds is 13. The number of aliphatic hydroxyl groups excluding tert-OH is 7. The molecule has 0 bridgehead atoms. The summed E-state index contributed by atoms with van der Waals surface area (Å²) in [5.41, 5.74) is -0.789. The molecule has 0 fully saturated rings.